The van der Waals surface area contributed by atoms with Gasteiger partial charge in [0.2, 0.25) is 5.82 Å². The second-order valence-electron chi connectivity index (χ2n) is 5.39. The van der Waals surface area contributed by atoms with Crippen molar-refractivity contribution in [2.24, 2.45) is 0 Å². The van der Waals surface area contributed by atoms with Crippen molar-refractivity contribution in [3.63, 3.8) is 0 Å². The summed E-state index contributed by atoms with van der Waals surface area (Å²) in [5.74, 6) is 0.678. The number of carbonyl (C=O) groups excluding carboxylic acids is 1. The van der Waals surface area contributed by atoms with E-state index in [9.17, 15) is 4.79 Å². The number of ether oxygens (including phenoxy) is 1. The Bertz CT molecular complexity index is 841. The number of anilines is 1. The van der Waals surface area contributed by atoms with Crippen molar-refractivity contribution in [3.05, 3.63) is 35.7 Å². The fourth-order valence-corrected chi connectivity index (χ4v) is 2.40. The number of esters is 1. The summed E-state index contributed by atoms with van der Waals surface area (Å²) in [5, 5.41) is 7.81. The number of aromatic nitrogens is 3. The Morgan fingerprint density at radius 1 is 1.42 bits per heavy atom. The average molecular weight is 330 g/mol. The van der Waals surface area contributed by atoms with Crippen LogP contribution in [0.3, 0.4) is 0 Å². The lowest BCUT2D eigenvalue weighted by molar-refractivity contribution is 0.0512. The van der Waals surface area contributed by atoms with E-state index >= 15 is 0 Å². The zero-order valence-corrected chi connectivity index (χ0v) is 13.7. The Balaban J connectivity index is 1.92. The minimum atomic E-state index is -0.602. The zero-order valence-electron chi connectivity index (χ0n) is 13.7. The number of nitrogens with one attached hydrogen (secondary N) is 1. The van der Waals surface area contributed by atoms with Crippen LogP contribution < -0.4 is 5.32 Å². The third-order valence-corrected chi connectivity index (χ3v) is 3.44. The summed E-state index contributed by atoms with van der Waals surface area (Å²) in [7, 11) is 0. The Kier molecular flexibility index (Phi) is 4.45. The molecule has 0 bridgehead atoms. The SMILES string of the molecule is CCOC(=O)c1nc(NC(C)Cc2ccco2)c2c(C)noc2n1. The van der Waals surface area contributed by atoms with E-state index in [2.05, 4.69) is 20.4 Å². The van der Waals surface area contributed by atoms with E-state index in [0.29, 0.717) is 23.3 Å². The highest BCUT2D eigenvalue weighted by atomic mass is 16.5. The molecule has 0 radical (unpaired) electrons. The molecule has 1 N–H and O–H groups in total. The number of fused-ring (bicyclic) bond motifs is 1. The molecular formula is C16H18N4O4. The van der Waals surface area contributed by atoms with Gasteiger partial charge >= 0.3 is 5.97 Å². The van der Waals surface area contributed by atoms with Crippen molar-refractivity contribution in [3.8, 4) is 0 Å². The third kappa shape index (κ3) is 3.22. The standard InChI is InChI=1S/C16H18N4O4/c1-4-22-16(21)14-18-13(12-10(3)20-24-15(12)19-14)17-9(2)8-11-6-5-7-23-11/h5-7,9H,4,8H2,1-3H3,(H,17,18,19). The summed E-state index contributed by atoms with van der Waals surface area (Å²) in [4.78, 5) is 20.3. The minimum Gasteiger partial charge on any atom is -0.469 e. The smallest absolute Gasteiger partial charge is 0.376 e. The van der Waals surface area contributed by atoms with E-state index in [1.54, 1.807) is 20.1 Å². The Hall–Kier alpha value is -2.90. The molecule has 0 aliphatic rings. The molecule has 0 spiro atoms. The highest BCUT2D eigenvalue weighted by Gasteiger charge is 2.20. The van der Waals surface area contributed by atoms with Crippen molar-refractivity contribution in [1.82, 2.24) is 15.1 Å². The van der Waals surface area contributed by atoms with Crippen molar-refractivity contribution in [2.75, 3.05) is 11.9 Å². The number of carbonyl (C=O) groups is 1. The summed E-state index contributed by atoms with van der Waals surface area (Å²) in [6.45, 7) is 5.75. The van der Waals surface area contributed by atoms with Crippen LogP contribution in [0.2, 0.25) is 0 Å². The molecule has 0 aromatic carbocycles. The van der Waals surface area contributed by atoms with E-state index in [0.717, 1.165) is 5.76 Å². The molecule has 8 heteroatoms. The monoisotopic (exact) mass is 330 g/mol. The first-order valence-electron chi connectivity index (χ1n) is 7.68. The Morgan fingerprint density at radius 3 is 2.96 bits per heavy atom. The van der Waals surface area contributed by atoms with Gasteiger partial charge in [-0.05, 0) is 32.9 Å². The average Bonchev–Trinajstić information content (AvgIpc) is 3.17. The highest BCUT2D eigenvalue weighted by Crippen LogP contribution is 2.25. The molecule has 8 nitrogen and oxygen atoms in total. The van der Waals surface area contributed by atoms with Crippen LogP contribution in [-0.4, -0.2) is 33.7 Å². The number of rotatable bonds is 6. The van der Waals surface area contributed by atoms with E-state index < -0.39 is 5.97 Å². The van der Waals surface area contributed by atoms with Crippen LogP contribution in [0.1, 0.15) is 35.9 Å². The summed E-state index contributed by atoms with van der Waals surface area (Å²) >= 11 is 0. The van der Waals surface area contributed by atoms with Crippen LogP contribution in [0.4, 0.5) is 5.82 Å². The second kappa shape index (κ2) is 6.69. The second-order valence-corrected chi connectivity index (χ2v) is 5.39. The van der Waals surface area contributed by atoms with Crippen LogP contribution in [0.5, 0.6) is 0 Å². The van der Waals surface area contributed by atoms with Gasteiger partial charge in [0.15, 0.2) is 0 Å². The van der Waals surface area contributed by atoms with Gasteiger partial charge in [-0.15, -0.1) is 0 Å². The van der Waals surface area contributed by atoms with Gasteiger partial charge in [-0.2, -0.15) is 4.98 Å². The van der Waals surface area contributed by atoms with Gasteiger partial charge in [0, 0.05) is 12.5 Å². The van der Waals surface area contributed by atoms with E-state index in [1.807, 2.05) is 19.1 Å². The van der Waals surface area contributed by atoms with Gasteiger partial charge in [-0.3, -0.25) is 0 Å². The molecule has 3 aromatic rings. The van der Waals surface area contributed by atoms with Gasteiger partial charge < -0.3 is 19.0 Å². The highest BCUT2D eigenvalue weighted by molar-refractivity contribution is 5.93. The molecule has 0 amide bonds. The molecule has 0 fully saturated rings. The first-order valence-corrected chi connectivity index (χ1v) is 7.68. The normalized spacial score (nSPS) is 12.3. The molecule has 3 aromatic heterocycles. The van der Waals surface area contributed by atoms with Gasteiger partial charge in [0.05, 0.1) is 18.6 Å². The lowest BCUT2D eigenvalue weighted by atomic mass is 10.2. The number of furan rings is 1. The van der Waals surface area contributed by atoms with Crippen LogP contribution >= 0.6 is 0 Å². The zero-order chi connectivity index (χ0) is 17.1. The van der Waals surface area contributed by atoms with E-state index in [-0.39, 0.29) is 24.2 Å². The Labute approximate surface area is 138 Å². The molecule has 0 aliphatic heterocycles. The fourth-order valence-electron chi connectivity index (χ4n) is 2.40. The van der Waals surface area contributed by atoms with E-state index in [1.165, 1.54) is 0 Å². The molecule has 1 unspecified atom stereocenters. The molecule has 3 heterocycles. The minimum absolute atomic E-state index is 0.0126. The van der Waals surface area contributed by atoms with Gasteiger partial charge in [0.25, 0.3) is 5.71 Å². The molecule has 0 aliphatic carbocycles. The lowest BCUT2D eigenvalue weighted by Gasteiger charge is -2.14. The van der Waals surface area contributed by atoms with Crippen molar-refractivity contribution >= 4 is 22.9 Å². The summed E-state index contributed by atoms with van der Waals surface area (Å²) in [6, 6.07) is 3.76. The summed E-state index contributed by atoms with van der Waals surface area (Å²) in [6.07, 6.45) is 2.30. The molecule has 3 rings (SSSR count). The quantitative estimate of drug-likeness (QED) is 0.688. The maximum atomic E-state index is 11.9. The number of hydrogen-bond acceptors (Lipinski definition) is 8. The predicted molar refractivity (Wildman–Crippen MR) is 85.8 cm³/mol. The predicted octanol–water partition coefficient (Wildman–Crippen LogP) is 2.74. The Morgan fingerprint density at radius 2 is 2.25 bits per heavy atom. The van der Waals surface area contributed by atoms with Crippen LogP contribution in [0, 0.1) is 6.92 Å². The topological polar surface area (TPSA) is 103 Å². The molecule has 0 saturated heterocycles. The van der Waals surface area contributed by atoms with Crippen LogP contribution in [-0.2, 0) is 11.2 Å². The first-order chi connectivity index (χ1) is 11.6. The fraction of sp³-hybridized carbons (Fsp3) is 0.375. The van der Waals surface area contributed by atoms with Crippen molar-refractivity contribution in [1.29, 1.82) is 0 Å². The van der Waals surface area contributed by atoms with Crippen LogP contribution in [0.15, 0.2) is 27.3 Å². The van der Waals surface area contributed by atoms with Crippen LogP contribution in [0.25, 0.3) is 11.1 Å². The van der Waals surface area contributed by atoms with Crippen molar-refractivity contribution < 1.29 is 18.5 Å². The van der Waals surface area contributed by atoms with Gasteiger partial charge in [-0.25, -0.2) is 9.78 Å². The maximum Gasteiger partial charge on any atom is 0.376 e. The lowest BCUT2D eigenvalue weighted by Crippen LogP contribution is -2.20. The number of aryl methyl sites for hydroxylation is 1. The molecule has 0 saturated carbocycles. The van der Waals surface area contributed by atoms with Gasteiger partial charge in [-0.1, -0.05) is 5.16 Å². The van der Waals surface area contributed by atoms with Gasteiger partial charge in [0.1, 0.15) is 17.0 Å². The first kappa shape index (κ1) is 16.0. The number of nitrogens with zero attached hydrogens (tertiary/aromatic N) is 3. The largest absolute Gasteiger partial charge is 0.469 e. The summed E-state index contributed by atoms with van der Waals surface area (Å²) in [5.41, 5.74) is 0.895. The molecule has 1 atom stereocenters. The van der Waals surface area contributed by atoms with Crippen molar-refractivity contribution in [2.45, 2.75) is 33.2 Å². The summed E-state index contributed by atoms with van der Waals surface area (Å²) < 4.78 is 15.5. The molecular weight excluding hydrogens is 312 g/mol. The molecule has 24 heavy (non-hydrogen) atoms. The molecule has 126 valence electrons. The van der Waals surface area contributed by atoms with E-state index in [4.69, 9.17) is 13.7 Å². The maximum absolute atomic E-state index is 11.9. The third-order valence-electron chi connectivity index (χ3n) is 3.44. The number of hydrogen-bond donors (Lipinski definition) is 1.